The van der Waals surface area contributed by atoms with Gasteiger partial charge in [-0.2, -0.15) is 0 Å². The van der Waals surface area contributed by atoms with E-state index in [-0.39, 0.29) is 15.4 Å². The molecule has 26 heavy (non-hydrogen) atoms. The lowest BCUT2D eigenvalue weighted by molar-refractivity contribution is -0.119. The van der Waals surface area contributed by atoms with Crippen LogP contribution in [0.1, 0.15) is 47.5 Å². The lowest BCUT2D eigenvalue weighted by Crippen LogP contribution is -2.06. The topological polar surface area (TPSA) is 35.5 Å². The Kier molecular flexibility index (Phi) is 8.66. The summed E-state index contributed by atoms with van der Waals surface area (Å²) in [5.41, 5.74) is 2.10. The van der Waals surface area contributed by atoms with Crippen molar-refractivity contribution in [3.63, 3.8) is 0 Å². The molecular formula is C21H24Br2O3. The van der Waals surface area contributed by atoms with E-state index in [9.17, 15) is 4.79 Å². The highest BCUT2D eigenvalue weighted by molar-refractivity contribution is 9.09. The Morgan fingerprint density at radius 2 is 1.27 bits per heavy atom. The highest BCUT2D eigenvalue weighted by Crippen LogP contribution is 2.33. The Bertz CT molecular complexity index is 658. The van der Waals surface area contributed by atoms with E-state index >= 15 is 0 Å². The predicted octanol–water partition coefficient (Wildman–Crippen LogP) is 6.41. The van der Waals surface area contributed by atoms with Crippen molar-refractivity contribution >= 4 is 37.6 Å². The Morgan fingerprint density at radius 1 is 0.846 bits per heavy atom. The minimum atomic E-state index is -0.0233. The first-order valence-electron chi connectivity index (χ1n) is 8.78. The molecule has 0 N–H and O–H groups in total. The minimum absolute atomic E-state index is 0.0233. The molecule has 0 aromatic heterocycles. The quantitative estimate of drug-likeness (QED) is 0.366. The summed E-state index contributed by atoms with van der Waals surface area (Å²) in [6.45, 7) is 5.17. The molecule has 2 rings (SSSR count). The number of halogens is 2. The average molecular weight is 484 g/mol. The summed E-state index contributed by atoms with van der Waals surface area (Å²) in [6, 6.07) is 15.7. The Morgan fingerprint density at radius 3 is 1.65 bits per heavy atom. The van der Waals surface area contributed by atoms with Crippen molar-refractivity contribution in [1.82, 2.24) is 0 Å². The minimum Gasteiger partial charge on any atom is -0.494 e. The lowest BCUT2D eigenvalue weighted by Gasteiger charge is -2.14. The number of Topliss-reactive ketones (excluding diaryl/α,β-unsaturated/α-hetero) is 1. The summed E-state index contributed by atoms with van der Waals surface area (Å²) in [4.78, 5) is 12.5. The molecule has 0 amide bonds. The van der Waals surface area contributed by atoms with E-state index in [1.165, 1.54) is 0 Å². The molecule has 2 atom stereocenters. The van der Waals surface area contributed by atoms with Crippen molar-refractivity contribution in [2.24, 2.45) is 0 Å². The van der Waals surface area contributed by atoms with Gasteiger partial charge in [-0.1, -0.05) is 56.1 Å². The third-order valence-electron chi connectivity index (χ3n) is 3.88. The van der Waals surface area contributed by atoms with Crippen LogP contribution < -0.4 is 9.47 Å². The summed E-state index contributed by atoms with van der Waals surface area (Å²) in [6.07, 6.45) is 0.867. The van der Waals surface area contributed by atoms with Crippen molar-refractivity contribution in [2.75, 3.05) is 13.2 Å². The fourth-order valence-electron chi connectivity index (χ4n) is 2.65. The van der Waals surface area contributed by atoms with Crippen molar-refractivity contribution in [1.29, 1.82) is 0 Å². The van der Waals surface area contributed by atoms with E-state index in [4.69, 9.17) is 9.47 Å². The van der Waals surface area contributed by atoms with Gasteiger partial charge >= 0.3 is 0 Å². The van der Waals surface area contributed by atoms with Gasteiger partial charge in [0.25, 0.3) is 0 Å². The molecular weight excluding hydrogens is 460 g/mol. The van der Waals surface area contributed by atoms with Crippen molar-refractivity contribution in [3.8, 4) is 11.5 Å². The molecule has 0 saturated carbocycles. The van der Waals surface area contributed by atoms with Gasteiger partial charge in [-0.25, -0.2) is 0 Å². The molecule has 0 spiro atoms. The normalized spacial score (nSPS) is 13.1. The zero-order chi connectivity index (χ0) is 18.9. The maximum atomic E-state index is 12.5. The number of carbonyl (C=O) groups is 1. The third-order valence-corrected chi connectivity index (χ3v) is 5.58. The van der Waals surface area contributed by atoms with Gasteiger partial charge in [0.2, 0.25) is 0 Å². The lowest BCUT2D eigenvalue weighted by atomic mass is 10.0. The molecule has 0 aliphatic carbocycles. The highest BCUT2D eigenvalue weighted by atomic mass is 79.9. The van der Waals surface area contributed by atoms with E-state index in [1.54, 1.807) is 0 Å². The monoisotopic (exact) mass is 482 g/mol. The van der Waals surface area contributed by atoms with Crippen LogP contribution >= 0.6 is 31.9 Å². The molecule has 140 valence electrons. The molecule has 0 radical (unpaired) electrons. The van der Waals surface area contributed by atoms with Crippen LogP contribution in [0.25, 0.3) is 0 Å². The van der Waals surface area contributed by atoms with E-state index in [0.717, 1.165) is 22.6 Å². The summed E-state index contributed by atoms with van der Waals surface area (Å²) in [5, 5.41) is 0. The zero-order valence-electron chi connectivity index (χ0n) is 15.1. The van der Waals surface area contributed by atoms with Crippen molar-refractivity contribution < 1.29 is 14.3 Å². The SMILES string of the molecule is CCOc1cccc(C(Br)CC(=O)CC(Br)c2cccc(OCC)c2)c1. The number of hydrogen-bond donors (Lipinski definition) is 0. The number of alkyl halides is 2. The number of ether oxygens (including phenoxy) is 2. The Hall–Kier alpha value is -1.33. The van der Waals surface area contributed by atoms with Crippen LogP contribution in [0.3, 0.4) is 0 Å². The second-order valence-corrected chi connectivity index (χ2v) is 8.10. The van der Waals surface area contributed by atoms with Crippen LogP contribution in [0.2, 0.25) is 0 Å². The molecule has 0 heterocycles. The molecule has 3 nitrogen and oxygen atoms in total. The number of carbonyl (C=O) groups excluding carboxylic acids is 1. The number of rotatable bonds is 10. The molecule has 5 heteroatoms. The predicted molar refractivity (Wildman–Crippen MR) is 113 cm³/mol. The van der Waals surface area contributed by atoms with Gasteiger partial charge in [0, 0.05) is 22.5 Å². The molecule has 2 unspecified atom stereocenters. The number of benzene rings is 2. The zero-order valence-corrected chi connectivity index (χ0v) is 18.3. The van der Waals surface area contributed by atoms with Gasteiger partial charge in [-0.3, -0.25) is 4.79 Å². The fraction of sp³-hybridized carbons (Fsp3) is 0.381. The van der Waals surface area contributed by atoms with E-state index in [1.807, 2.05) is 62.4 Å². The molecule has 0 aliphatic rings. The molecule has 2 aromatic rings. The van der Waals surface area contributed by atoms with Gasteiger partial charge < -0.3 is 9.47 Å². The summed E-state index contributed by atoms with van der Waals surface area (Å²) in [7, 11) is 0. The van der Waals surface area contributed by atoms with Gasteiger partial charge in [0.1, 0.15) is 17.3 Å². The average Bonchev–Trinajstić information content (AvgIpc) is 2.62. The summed E-state index contributed by atoms with van der Waals surface area (Å²) >= 11 is 7.28. The summed E-state index contributed by atoms with van der Waals surface area (Å²) < 4.78 is 11.1. The third kappa shape index (κ3) is 6.44. The maximum absolute atomic E-state index is 12.5. The number of ketones is 1. The van der Waals surface area contributed by atoms with Gasteiger partial charge in [0.05, 0.1) is 13.2 Å². The first-order chi connectivity index (χ1) is 12.5. The van der Waals surface area contributed by atoms with Crippen molar-refractivity contribution in [3.05, 3.63) is 59.7 Å². The first-order valence-corrected chi connectivity index (χ1v) is 10.6. The van der Waals surface area contributed by atoms with Crippen LogP contribution in [-0.4, -0.2) is 19.0 Å². The fourth-order valence-corrected chi connectivity index (χ4v) is 3.94. The van der Waals surface area contributed by atoms with Crippen LogP contribution in [-0.2, 0) is 4.79 Å². The second kappa shape index (κ2) is 10.7. The Balaban J connectivity index is 1.95. The molecule has 0 saturated heterocycles. The van der Waals surface area contributed by atoms with Gasteiger partial charge in [-0.05, 0) is 49.2 Å². The van der Waals surface area contributed by atoms with Crippen LogP contribution in [0, 0.1) is 0 Å². The van der Waals surface area contributed by atoms with Crippen LogP contribution in [0.4, 0.5) is 0 Å². The maximum Gasteiger partial charge on any atom is 0.135 e. The van der Waals surface area contributed by atoms with Crippen molar-refractivity contribution in [2.45, 2.75) is 36.3 Å². The largest absolute Gasteiger partial charge is 0.494 e. The van der Waals surface area contributed by atoms with Crippen LogP contribution in [0.5, 0.6) is 11.5 Å². The van der Waals surface area contributed by atoms with Crippen LogP contribution in [0.15, 0.2) is 48.5 Å². The highest BCUT2D eigenvalue weighted by Gasteiger charge is 2.18. The van der Waals surface area contributed by atoms with Gasteiger partial charge in [-0.15, -0.1) is 0 Å². The van der Waals surface area contributed by atoms with E-state index < -0.39 is 0 Å². The summed E-state index contributed by atoms with van der Waals surface area (Å²) in [5.74, 6) is 1.85. The molecule has 0 bridgehead atoms. The molecule has 0 fully saturated rings. The Labute approximate surface area is 172 Å². The molecule has 0 aliphatic heterocycles. The second-order valence-electron chi connectivity index (χ2n) is 5.89. The number of hydrogen-bond acceptors (Lipinski definition) is 3. The first kappa shape index (κ1) is 21.0. The standard InChI is InChI=1S/C21H24Br2O3/c1-3-25-18-9-5-7-15(11-18)20(22)13-17(24)14-21(23)16-8-6-10-19(12-16)26-4-2/h5-12,20-21H,3-4,13-14H2,1-2H3. The van der Waals surface area contributed by atoms with E-state index in [2.05, 4.69) is 31.9 Å². The van der Waals surface area contributed by atoms with E-state index in [0.29, 0.717) is 26.1 Å². The smallest absolute Gasteiger partial charge is 0.135 e. The van der Waals surface area contributed by atoms with Gasteiger partial charge in [0.15, 0.2) is 0 Å². The molecule has 2 aromatic carbocycles.